The summed E-state index contributed by atoms with van der Waals surface area (Å²) >= 11 is 0. The van der Waals surface area contributed by atoms with Gasteiger partial charge in [0.2, 0.25) is 0 Å². The maximum atomic E-state index is 11.7. The van der Waals surface area contributed by atoms with Crippen LogP contribution < -0.4 is 10.9 Å². The Morgan fingerprint density at radius 1 is 1.54 bits per heavy atom. The largest absolute Gasteiger partial charge is 0.310 e. The molecule has 72 valence electrons. The lowest BCUT2D eigenvalue weighted by atomic mass is 10.1. The lowest BCUT2D eigenvalue weighted by Gasteiger charge is -2.06. The summed E-state index contributed by atoms with van der Waals surface area (Å²) in [5, 5.41) is 6.35. The van der Waals surface area contributed by atoms with Gasteiger partial charge in [-0.3, -0.25) is 14.6 Å². The monoisotopic (exact) mass is 181 g/mol. The molecule has 1 aliphatic rings. The highest BCUT2D eigenvalue weighted by Gasteiger charge is 2.22. The predicted octanol–water partition coefficient (Wildman–Crippen LogP) is 0.446. The van der Waals surface area contributed by atoms with Gasteiger partial charge in [-0.25, -0.2) is 0 Å². The molecule has 1 saturated heterocycles. The van der Waals surface area contributed by atoms with Crippen LogP contribution >= 0.6 is 0 Å². The summed E-state index contributed by atoms with van der Waals surface area (Å²) in [6.45, 7) is 2.98. The van der Waals surface area contributed by atoms with E-state index < -0.39 is 0 Å². The standard InChI is InChI=1S/C9H15N3O/c1-6-8(7-4-3-5-10-7)9(13)12(2)11-6/h7,10-11H,3-5H2,1-2H3. The van der Waals surface area contributed by atoms with E-state index in [9.17, 15) is 4.79 Å². The fourth-order valence-electron chi connectivity index (χ4n) is 2.04. The third-order valence-electron chi connectivity index (χ3n) is 2.68. The Morgan fingerprint density at radius 2 is 2.31 bits per heavy atom. The molecule has 0 saturated carbocycles. The fraction of sp³-hybridized carbons (Fsp3) is 0.667. The zero-order valence-corrected chi connectivity index (χ0v) is 8.05. The smallest absolute Gasteiger partial charge is 0.271 e. The topological polar surface area (TPSA) is 49.8 Å². The highest BCUT2D eigenvalue weighted by atomic mass is 16.1. The minimum Gasteiger partial charge on any atom is -0.310 e. The second-order valence-corrected chi connectivity index (χ2v) is 3.66. The molecule has 13 heavy (non-hydrogen) atoms. The molecule has 4 nitrogen and oxygen atoms in total. The summed E-state index contributed by atoms with van der Waals surface area (Å²) in [4.78, 5) is 11.7. The minimum atomic E-state index is 0.108. The van der Waals surface area contributed by atoms with Crippen molar-refractivity contribution in [2.75, 3.05) is 6.54 Å². The molecule has 1 unspecified atom stereocenters. The number of H-pyrrole nitrogens is 1. The number of nitrogens with zero attached hydrogens (tertiary/aromatic N) is 1. The number of aryl methyl sites for hydroxylation is 2. The molecule has 0 aliphatic carbocycles. The van der Waals surface area contributed by atoms with Gasteiger partial charge < -0.3 is 5.32 Å². The highest BCUT2D eigenvalue weighted by molar-refractivity contribution is 5.21. The van der Waals surface area contributed by atoms with E-state index in [0.29, 0.717) is 0 Å². The Bertz CT molecular complexity index is 357. The molecular formula is C9H15N3O. The Hall–Kier alpha value is -1.03. The van der Waals surface area contributed by atoms with Gasteiger partial charge in [-0.05, 0) is 26.3 Å². The molecule has 1 atom stereocenters. The molecule has 0 spiro atoms. The molecule has 4 heteroatoms. The first-order chi connectivity index (χ1) is 6.20. The summed E-state index contributed by atoms with van der Waals surface area (Å²) in [5.41, 5.74) is 2.02. The first-order valence-electron chi connectivity index (χ1n) is 4.69. The van der Waals surface area contributed by atoms with Crippen LogP contribution in [0.15, 0.2) is 4.79 Å². The van der Waals surface area contributed by atoms with Crippen molar-refractivity contribution in [3.63, 3.8) is 0 Å². The molecule has 0 bridgehead atoms. The molecule has 2 rings (SSSR count). The number of aromatic amines is 1. The molecule has 1 aromatic rings. The molecule has 2 heterocycles. The van der Waals surface area contributed by atoms with Crippen LogP contribution in [0.25, 0.3) is 0 Å². The molecular weight excluding hydrogens is 166 g/mol. The van der Waals surface area contributed by atoms with Crippen LogP contribution in [0.1, 0.15) is 30.1 Å². The predicted molar refractivity (Wildman–Crippen MR) is 50.7 cm³/mol. The van der Waals surface area contributed by atoms with Crippen LogP contribution in [-0.2, 0) is 7.05 Å². The zero-order chi connectivity index (χ0) is 9.42. The lowest BCUT2D eigenvalue weighted by molar-refractivity contribution is 0.636. The Kier molecular flexibility index (Phi) is 2.00. The summed E-state index contributed by atoms with van der Waals surface area (Å²) in [6.07, 6.45) is 2.24. The van der Waals surface area contributed by atoms with Crippen molar-refractivity contribution in [3.05, 3.63) is 21.6 Å². The fourth-order valence-corrected chi connectivity index (χ4v) is 2.04. The van der Waals surface area contributed by atoms with Crippen LogP contribution in [0.2, 0.25) is 0 Å². The lowest BCUT2D eigenvalue weighted by Crippen LogP contribution is -2.22. The summed E-state index contributed by atoms with van der Waals surface area (Å²) < 4.78 is 1.55. The summed E-state index contributed by atoms with van der Waals surface area (Å²) in [7, 11) is 1.76. The second-order valence-electron chi connectivity index (χ2n) is 3.66. The number of hydrogen-bond acceptors (Lipinski definition) is 2. The molecule has 1 fully saturated rings. The third kappa shape index (κ3) is 1.31. The van der Waals surface area contributed by atoms with Crippen LogP contribution in [0, 0.1) is 6.92 Å². The van der Waals surface area contributed by atoms with E-state index in [1.54, 1.807) is 11.7 Å². The van der Waals surface area contributed by atoms with Gasteiger partial charge in [-0.15, -0.1) is 0 Å². The van der Waals surface area contributed by atoms with Gasteiger partial charge in [-0.2, -0.15) is 0 Å². The van der Waals surface area contributed by atoms with Crippen molar-refractivity contribution >= 4 is 0 Å². The van der Waals surface area contributed by atoms with E-state index in [1.165, 1.54) is 6.42 Å². The number of nitrogens with one attached hydrogen (secondary N) is 2. The van der Waals surface area contributed by atoms with Gasteiger partial charge in [0.25, 0.3) is 5.56 Å². The van der Waals surface area contributed by atoms with Crippen molar-refractivity contribution in [1.82, 2.24) is 15.1 Å². The highest BCUT2D eigenvalue weighted by Crippen LogP contribution is 2.21. The summed E-state index contributed by atoms with van der Waals surface area (Å²) in [5.74, 6) is 0. The maximum Gasteiger partial charge on any atom is 0.271 e. The van der Waals surface area contributed by atoms with Crippen molar-refractivity contribution in [3.8, 4) is 0 Å². The number of rotatable bonds is 1. The molecule has 0 amide bonds. The Morgan fingerprint density at radius 3 is 2.77 bits per heavy atom. The first-order valence-corrected chi connectivity index (χ1v) is 4.69. The SMILES string of the molecule is Cc1[nH]n(C)c(=O)c1C1CCCN1. The second kappa shape index (κ2) is 3.03. The van der Waals surface area contributed by atoms with E-state index in [2.05, 4.69) is 10.4 Å². The maximum absolute atomic E-state index is 11.7. The van der Waals surface area contributed by atoms with Gasteiger partial charge in [0.05, 0.1) is 5.56 Å². The average molecular weight is 181 g/mol. The van der Waals surface area contributed by atoms with E-state index in [-0.39, 0.29) is 11.6 Å². The molecule has 1 aromatic heterocycles. The first kappa shape index (κ1) is 8.56. The van der Waals surface area contributed by atoms with E-state index in [0.717, 1.165) is 24.2 Å². The van der Waals surface area contributed by atoms with Crippen LogP contribution in [0.3, 0.4) is 0 Å². The van der Waals surface area contributed by atoms with Crippen molar-refractivity contribution in [2.24, 2.45) is 7.05 Å². The zero-order valence-electron chi connectivity index (χ0n) is 8.05. The minimum absolute atomic E-state index is 0.108. The Balaban J connectivity index is 2.43. The van der Waals surface area contributed by atoms with Crippen molar-refractivity contribution < 1.29 is 0 Å². The van der Waals surface area contributed by atoms with Gasteiger partial charge in [0, 0.05) is 18.8 Å². The van der Waals surface area contributed by atoms with E-state index in [1.807, 2.05) is 6.92 Å². The van der Waals surface area contributed by atoms with Gasteiger partial charge in [0.15, 0.2) is 0 Å². The van der Waals surface area contributed by atoms with Gasteiger partial charge in [0.1, 0.15) is 0 Å². The van der Waals surface area contributed by atoms with E-state index >= 15 is 0 Å². The van der Waals surface area contributed by atoms with Crippen LogP contribution in [-0.4, -0.2) is 16.3 Å². The van der Waals surface area contributed by atoms with Crippen LogP contribution in [0.5, 0.6) is 0 Å². The van der Waals surface area contributed by atoms with Gasteiger partial charge >= 0.3 is 0 Å². The molecule has 0 radical (unpaired) electrons. The summed E-state index contributed by atoms with van der Waals surface area (Å²) in [6, 6.07) is 0.268. The number of aromatic nitrogens is 2. The quantitative estimate of drug-likeness (QED) is 0.660. The number of hydrogen-bond donors (Lipinski definition) is 2. The molecule has 0 aromatic carbocycles. The van der Waals surface area contributed by atoms with Crippen LogP contribution in [0.4, 0.5) is 0 Å². The molecule has 2 N–H and O–H groups in total. The van der Waals surface area contributed by atoms with E-state index in [4.69, 9.17) is 0 Å². The average Bonchev–Trinajstić information content (AvgIpc) is 2.63. The third-order valence-corrected chi connectivity index (χ3v) is 2.68. The molecule has 1 aliphatic heterocycles. The van der Waals surface area contributed by atoms with Crippen molar-refractivity contribution in [1.29, 1.82) is 0 Å². The van der Waals surface area contributed by atoms with Crippen molar-refractivity contribution in [2.45, 2.75) is 25.8 Å². The normalized spacial score (nSPS) is 22.5. The van der Waals surface area contributed by atoms with Gasteiger partial charge in [-0.1, -0.05) is 0 Å². The Labute approximate surface area is 76.9 Å².